The molecule has 2 heterocycles. The Morgan fingerprint density at radius 3 is 2.74 bits per heavy atom. The number of likely N-dealkylation sites (N-methyl/N-ethyl adjacent to an activating group) is 1. The maximum atomic E-state index is 13.5. The van der Waals surface area contributed by atoms with Crippen LogP contribution in [-0.2, 0) is 10.9 Å². The first-order valence-corrected chi connectivity index (χ1v) is 12.6. The highest BCUT2D eigenvalue weighted by Gasteiger charge is 2.43. The van der Waals surface area contributed by atoms with Gasteiger partial charge in [0.1, 0.15) is 0 Å². The molecule has 1 saturated heterocycles. The van der Waals surface area contributed by atoms with Crippen LogP contribution in [0, 0.1) is 16.5 Å². The zero-order valence-electron chi connectivity index (χ0n) is 19.4. The van der Waals surface area contributed by atoms with Gasteiger partial charge >= 0.3 is 12.2 Å². The van der Waals surface area contributed by atoms with E-state index in [0.717, 1.165) is 21.6 Å². The van der Waals surface area contributed by atoms with Crippen LogP contribution in [0.25, 0.3) is 0 Å². The van der Waals surface area contributed by atoms with Crippen molar-refractivity contribution < 1.29 is 22.7 Å². The van der Waals surface area contributed by atoms with E-state index in [2.05, 4.69) is 51.7 Å². The van der Waals surface area contributed by atoms with Gasteiger partial charge in [-0.2, -0.15) is 13.2 Å². The molecule has 0 saturated carbocycles. The number of alkyl halides is 3. The highest BCUT2D eigenvalue weighted by molar-refractivity contribution is 14.1. The molecular formula is C25H29F3IN4O2-. The molecule has 0 aliphatic carbocycles. The predicted molar refractivity (Wildman–Crippen MR) is 137 cm³/mol. The van der Waals surface area contributed by atoms with E-state index >= 15 is 0 Å². The number of benzene rings is 2. The van der Waals surface area contributed by atoms with Gasteiger partial charge in [0.15, 0.2) is 0 Å². The monoisotopic (exact) mass is 601 g/mol. The standard InChI is InChI=1S/C25H29F3IN4O2/c1-33(2)11-10-30-24(34)31-14-18-7-8-19-22(15-4-3-5-17(29)12-15)32-21-9-6-16(25(26,27)28)13-20(21)23(19)35-18/h3-6,9,12-13,18-19,22-23,32H,1,7-8,10-11,14H2,2H3,(H2,30,31,34)/q-1/t18-,19+,22+,23+/m1/s1. The van der Waals surface area contributed by atoms with Crippen LogP contribution in [0.15, 0.2) is 42.5 Å². The number of halogens is 4. The maximum absolute atomic E-state index is 13.5. The fraction of sp³-hybridized carbons (Fsp3) is 0.440. The van der Waals surface area contributed by atoms with Crippen molar-refractivity contribution in [3.63, 3.8) is 0 Å². The summed E-state index contributed by atoms with van der Waals surface area (Å²) >= 11 is 2.26. The third-order valence-electron chi connectivity index (χ3n) is 6.45. The lowest BCUT2D eigenvalue weighted by molar-refractivity contribution is -0.138. The number of anilines is 1. The number of urea groups is 1. The van der Waals surface area contributed by atoms with E-state index in [9.17, 15) is 18.0 Å². The molecule has 1 fully saturated rings. The van der Waals surface area contributed by atoms with Crippen LogP contribution in [0.1, 0.15) is 41.7 Å². The third-order valence-corrected chi connectivity index (χ3v) is 7.12. The minimum absolute atomic E-state index is 0.0400. The van der Waals surface area contributed by atoms with E-state index in [1.807, 2.05) is 25.2 Å². The number of ether oxygens (including phenoxy) is 1. The molecule has 4 atom stereocenters. The Bertz CT molecular complexity index is 1050. The summed E-state index contributed by atoms with van der Waals surface area (Å²) in [6, 6.07) is 11.5. The summed E-state index contributed by atoms with van der Waals surface area (Å²) in [5.74, 6) is -0.0400. The Morgan fingerprint density at radius 1 is 1.23 bits per heavy atom. The van der Waals surface area contributed by atoms with E-state index in [0.29, 0.717) is 30.8 Å². The lowest BCUT2D eigenvalue weighted by atomic mass is 9.76. The van der Waals surface area contributed by atoms with Crippen molar-refractivity contribution in [2.45, 2.75) is 37.3 Å². The topological polar surface area (TPSA) is 65.6 Å². The van der Waals surface area contributed by atoms with E-state index in [1.165, 1.54) is 12.1 Å². The molecule has 3 N–H and O–H groups in total. The molecule has 0 unspecified atom stereocenters. The Morgan fingerprint density at radius 2 is 2.03 bits per heavy atom. The van der Waals surface area contributed by atoms with Crippen molar-refractivity contribution in [1.29, 1.82) is 0 Å². The van der Waals surface area contributed by atoms with E-state index in [1.54, 1.807) is 4.90 Å². The summed E-state index contributed by atoms with van der Waals surface area (Å²) in [4.78, 5) is 13.8. The second-order valence-electron chi connectivity index (χ2n) is 9.11. The Labute approximate surface area is 217 Å². The van der Waals surface area contributed by atoms with Crippen molar-refractivity contribution in [1.82, 2.24) is 15.5 Å². The molecule has 6 nitrogen and oxygen atoms in total. The van der Waals surface area contributed by atoms with Crippen LogP contribution < -0.4 is 16.0 Å². The van der Waals surface area contributed by atoms with Crippen molar-refractivity contribution in [3.05, 3.63) is 69.8 Å². The van der Waals surface area contributed by atoms with E-state index in [4.69, 9.17) is 4.74 Å². The van der Waals surface area contributed by atoms with Crippen molar-refractivity contribution in [2.24, 2.45) is 5.92 Å². The number of carbonyl (C=O) groups excluding carboxylic acids is 1. The van der Waals surface area contributed by atoms with Crippen molar-refractivity contribution in [3.8, 4) is 0 Å². The normalized spacial score (nSPS) is 23.7. The van der Waals surface area contributed by atoms with Gasteiger partial charge in [0.2, 0.25) is 0 Å². The zero-order valence-corrected chi connectivity index (χ0v) is 21.5. The number of nitrogens with zero attached hydrogens (tertiary/aromatic N) is 1. The lowest BCUT2D eigenvalue weighted by Gasteiger charge is -2.46. The molecule has 0 bridgehead atoms. The van der Waals surface area contributed by atoms with Gasteiger partial charge in [-0.15, -0.1) is 0 Å². The van der Waals surface area contributed by atoms with Crippen molar-refractivity contribution >= 4 is 34.3 Å². The second kappa shape index (κ2) is 10.9. The third kappa shape index (κ3) is 6.39. The van der Waals surface area contributed by atoms with Gasteiger partial charge in [0, 0.05) is 33.8 Å². The lowest BCUT2D eigenvalue weighted by Crippen LogP contribution is -2.45. The number of amides is 2. The fourth-order valence-electron chi connectivity index (χ4n) is 4.74. The molecule has 0 spiro atoms. The van der Waals surface area contributed by atoms with Crippen LogP contribution >= 0.6 is 22.6 Å². The van der Waals surface area contributed by atoms with Gasteiger partial charge in [0.05, 0.1) is 23.8 Å². The largest absolute Gasteiger partial charge is 0.460 e. The maximum Gasteiger partial charge on any atom is 0.416 e. The minimum Gasteiger partial charge on any atom is -0.460 e. The van der Waals surface area contributed by atoms with E-state index < -0.39 is 17.8 Å². The molecule has 10 heteroatoms. The number of rotatable bonds is 6. The first kappa shape index (κ1) is 26.0. The SMILES string of the molecule is [CH2-]N(C)CCNC(=O)NC[C@H]1CC[C@@H]2[C@H](O1)c1cc(C(F)(F)F)ccc1N[C@H]2c1cccc(I)c1. The van der Waals surface area contributed by atoms with Gasteiger partial charge in [-0.05, 0) is 84.9 Å². The molecule has 2 aromatic carbocycles. The molecule has 0 aromatic heterocycles. The second-order valence-corrected chi connectivity index (χ2v) is 10.4. The van der Waals surface area contributed by atoms with Gasteiger partial charge in [-0.1, -0.05) is 12.1 Å². The fourth-order valence-corrected chi connectivity index (χ4v) is 5.31. The zero-order chi connectivity index (χ0) is 25.2. The van der Waals surface area contributed by atoms with Crippen LogP contribution in [0.3, 0.4) is 0 Å². The van der Waals surface area contributed by atoms with Gasteiger partial charge in [-0.3, -0.25) is 7.05 Å². The predicted octanol–water partition coefficient (Wildman–Crippen LogP) is 5.34. The number of fused-ring (bicyclic) bond motifs is 3. The van der Waals surface area contributed by atoms with Crippen LogP contribution in [0.5, 0.6) is 0 Å². The highest BCUT2D eigenvalue weighted by Crippen LogP contribution is 2.51. The van der Waals surface area contributed by atoms with E-state index in [-0.39, 0.29) is 30.6 Å². The molecule has 190 valence electrons. The number of carbonyl (C=O) groups is 1. The molecule has 0 radical (unpaired) electrons. The minimum atomic E-state index is -4.44. The Kier molecular flexibility index (Phi) is 8.12. The molecule has 35 heavy (non-hydrogen) atoms. The molecule has 2 aliphatic heterocycles. The highest BCUT2D eigenvalue weighted by atomic mass is 127. The quantitative estimate of drug-likeness (QED) is 0.309. The number of hydrogen-bond acceptors (Lipinski definition) is 4. The average Bonchev–Trinajstić information content (AvgIpc) is 2.81. The number of hydrogen-bond donors (Lipinski definition) is 3. The smallest absolute Gasteiger partial charge is 0.416 e. The Hall–Kier alpha value is -2.05. The van der Waals surface area contributed by atoms with Crippen LogP contribution in [0.2, 0.25) is 0 Å². The molecule has 2 amide bonds. The van der Waals surface area contributed by atoms with Crippen molar-refractivity contribution in [2.75, 3.05) is 32.0 Å². The summed E-state index contributed by atoms with van der Waals surface area (Å²) in [5, 5.41) is 9.06. The number of nitrogens with one attached hydrogen (secondary N) is 3. The first-order chi connectivity index (χ1) is 16.6. The van der Waals surface area contributed by atoms with Gasteiger partial charge in [-0.25, -0.2) is 4.79 Å². The summed E-state index contributed by atoms with van der Waals surface area (Å²) < 4.78 is 47.9. The average molecular weight is 601 g/mol. The van der Waals surface area contributed by atoms with Crippen LogP contribution in [-0.4, -0.2) is 43.7 Å². The summed E-state index contributed by atoms with van der Waals surface area (Å²) in [6.45, 7) is 1.35. The van der Waals surface area contributed by atoms with Crippen LogP contribution in [0.4, 0.5) is 23.7 Å². The van der Waals surface area contributed by atoms with Gasteiger partial charge < -0.3 is 25.6 Å². The van der Waals surface area contributed by atoms with Gasteiger partial charge in [0.25, 0.3) is 0 Å². The first-order valence-electron chi connectivity index (χ1n) is 11.5. The summed E-state index contributed by atoms with van der Waals surface area (Å²) in [5.41, 5.74) is 1.54. The Balaban J connectivity index is 1.54. The molecule has 2 aromatic rings. The summed E-state index contributed by atoms with van der Waals surface area (Å²) in [6.07, 6.45) is -3.80. The molecule has 2 aliphatic rings. The molecule has 4 rings (SSSR count). The summed E-state index contributed by atoms with van der Waals surface area (Å²) in [7, 11) is 5.55. The molecular weight excluding hydrogens is 572 g/mol.